The number of ketones is 1. The second kappa shape index (κ2) is 6.76. The summed E-state index contributed by atoms with van der Waals surface area (Å²) in [5.74, 6) is 0.220. The zero-order chi connectivity index (χ0) is 14.5. The van der Waals surface area contributed by atoms with Gasteiger partial charge in [0, 0.05) is 16.9 Å². The molecule has 0 saturated heterocycles. The van der Waals surface area contributed by atoms with Crippen LogP contribution in [0.25, 0.3) is 0 Å². The number of hydrogen-bond donors (Lipinski definition) is 0. The molecule has 0 aliphatic rings. The lowest BCUT2D eigenvalue weighted by molar-refractivity contribution is 0.0983. The summed E-state index contributed by atoms with van der Waals surface area (Å²) in [5.41, 5.74) is 4.62. The van der Waals surface area contributed by atoms with Crippen LogP contribution in [-0.4, -0.2) is 12.0 Å². The molecule has 2 aromatic rings. The highest BCUT2D eigenvalue weighted by Crippen LogP contribution is 2.17. The molecular weight excluding hydrogens is 264 g/mol. The first-order chi connectivity index (χ1) is 9.60. The van der Waals surface area contributed by atoms with Crippen LogP contribution in [-0.2, 0) is 6.42 Å². The Balaban J connectivity index is 2.00. The van der Waals surface area contributed by atoms with Gasteiger partial charge >= 0.3 is 0 Å². The molecule has 0 aromatic heterocycles. The van der Waals surface area contributed by atoms with E-state index in [0.717, 1.165) is 12.0 Å². The molecule has 0 bridgehead atoms. The molecule has 0 atom stereocenters. The normalized spacial score (nSPS) is 10.6. The average molecular weight is 284 g/mol. The fraction of sp³-hybridized carbons (Fsp3) is 0.278. The van der Waals surface area contributed by atoms with Crippen molar-refractivity contribution >= 4 is 17.5 Å². The van der Waals surface area contributed by atoms with Gasteiger partial charge in [0.15, 0.2) is 5.78 Å². The van der Waals surface area contributed by atoms with Crippen molar-refractivity contribution in [3.63, 3.8) is 0 Å². The molecule has 0 unspecified atom stereocenters. The third-order valence-electron chi connectivity index (χ3n) is 3.53. The van der Waals surface area contributed by atoms with Crippen LogP contribution >= 0.6 is 11.8 Å². The standard InChI is InChI=1S/C18H20OS/c1-13-4-5-15(14(2)12-13)8-11-18(19)16-6-9-17(20-3)10-7-16/h4-7,9-10,12H,8,11H2,1-3H3. The van der Waals surface area contributed by atoms with E-state index in [1.165, 1.54) is 21.6 Å². The number of hydrogen-bond acceptors (Lipinski definition) is 2. The molecule has 0 heterocycles. The zero-order valence-corrected chi connectivity index (χ0v) is 13.1. The molecule has 104 valence electrons. The summed E-state index contributed by atoms with van der Waals surface area (Å²) in [6, 6.07) is 14.3. The van der Waals surface area contributed by atoms with E-state index in [-0.39, 0.29) is 5.78 Å². The summed E-state index contributed by atoms with van der Waals surface area (Å²) in [4.78, 5) is 13.4. The molecular formula is C18H20OS. The summed E-state index contributed by atoms with van der Waals surface area (Å²) >= 11 is 1.69. The van der Waals surface area contributed by atoms with Crippen LogP contribution in [0.15, 0.2) is 47.4 Å². The van der Waals surface area contributed by atoms with E-state index in [2.05, 4.69) is 32.0 Å². The highest BCUT2D eigenvalue weighted by molar-refractivity contribution is 7.98. The molecule has 0 fully saturated rings. The van der Waals surface area contributed by atoms with Gasteiger partial charge in [-0.05, 0) is 49.8 Å². The lowest BCUT2D eigenvalue weighted by Gasteiger charge is -2.07. The molecule has 0 radical (unpaired) electrons. The molecule has 0 spiro atoms. The van der Waals surface area contributed by atoms with Crippen LogP contribution < -0.4 is 0 Å². The van der Waals surface area contributed by atoms with Gasteiger partial charge in [-0.1, -0.05) is 35.9 Å². The Bertz CT molecular complexity index is 599. The molecule has 2 rings (SSSR count). The largest absolute Gasteiger partial charge is 0.294 e. The lowest BCUT2D eigenvalue weighted by atomic mass is 9.98. The number of carbonyl (C=O) groups is 1. The van der Waals surface area contributed by atoms with Gasteiger partial charge in [-0.15, -0.1) is 11.8 Å². The Hall–Kier alpha value is -1.54. The number of rotatable bonds is 5. The van der Waals surface area contributed by atoms with Crippen molar-refractivity contribution in [3.05, 3.63) is 64.7 Å². The smallest absolute Gasteiger partial charge is 0.163 e. The Morgan fingerprint density at radius 3 is 2.35 bits per heavy atom. The maximum Gasteiger partial charge on any atom is 0.163 e. The van der Waals surface area contributed by atoms with Gasteiger partial charge in [0.25, 0.3) is 0 Å². The second-order valence-electron chi connectivity index (χ2n) is 5.08. The first-order valence-corrected chi connectivity index (χ1v) is 8.06. The molecule has 1 nitrogen and oxygen atoms in total. The van der Waals surface area contributed by atoms with E-state index in [0.29, 0.717) is 6.42 Å². The zero-order valence-electron chi connectivity index (χ0n) is 12.3. The summed E-state index contributed by atoms with van der Waals surface area (Å²) in [7, 11) is 0. The predicted octanol–water partition coefficient (Wildman–Crippen LogP) is 4.84. The highest BCUT2D eigenvalue weighted by Gasteiger charge is 2.07. The van der Waals surface area contributed by atoms with Gasteiger partial charge in [-0.25, -0.2) is 0 Å². The van der Waals surface area contributed by atoms with E-state index in [9.17, 15) is 4.79 Å². The van der Waals surface area contributed by atoms with E-state index in [4.69, 9.17) is 0 Å². The highest BCUT2D eigenvalue weighted by atomic mass is 32.2. The number of benzene rings is 2. The van der Waals surface area contributed by atoms with E-state index >= 15 is 0 Å². The molecule has 2 aromatic carbocycles. The fourth-order valence-electron chi connectivity index (χ4n) is 2.30. The van der Waals surface area contributed by atoms with Crippen LogP contribution in [0.2, 0.25) is 0 Å². The molecule has 20 heavy (non-hydrogen) atoms. The van der Waals surface area contributed by atoms with Crippen molar-refractivity contribution in [3.8, 4) is 0 Å². The van der Waals surface area contributed by atoms with Crippen molar-refractivity contribution < 1.29 is 4.79 Å². The molecule has 0 N–H and O–H groups in total. The van der Waals surface area contributed by atoms with Gasteiger partial charge < -0.3 is 0 Å². The van der Waals surface area contributed by atoms with Crippen LogP contribution in [0.4, 0.5) is 0 Å². The van der Waals surface area contributed by atoms with Crippen molar-refractivity contribution in [2.24, 2.45) is 0 Å². The molecule has 0 amide bonds. The first-order valence-electron chi connectivity index (χ1n) is 6.83. The second-order valence-corrected chi connectivity index (χ2v) is 5.96. The minimum absolute atomic E-state index is 0.220. The van der Waals surface area contributed by atoms with Crippen molar-refractivity contribution in [2.45, 2.75) is 31.6 Å². The van der Waals surface area contributed by atoms with E-state index in [1.807, 2.05) is 30.5 Å². The van der Waals surface area contributed by atoms with Gasteiger partial charge in [-0.2, -0.15) is 0 Å². The third-order valence-corrected chi connectivity index (χ3v) is 4.28. The minimum atomic E-state index is 0.220. The maximum atomic E-state index is 12.2. The van der Waals surface area contributed by atoms with Crippen molar-refractivity contribution in [1.82, 2.24) is 0 Å². The topological polar surface area (TPSA) is 17.1 Å². The Kier molecular flexibility index (Phi) is 5.02. The van der Waals surface area contributed by atoms with E-state index in [1.54, 1.807) is 11.8 Å². The average Bonchev–Trinajstić information content (AvgIpc) is 2.46. The van der Waals surface area contributed by atoms with Crippen LogP contribution in [0.5, 0.6) is 0 Å². The van der Waals surface area contributed by atoms with Gasteiger partial charge in [0.2, 0.25) is 0 Å². The summed E-state index contributed by atoms with van der Waals surface area (Å²) in [6.45, 7) is 4.20. The lowest BCUT2D eigenvalue weighted by Crippen LogP contribution is -2.02. The summed E-state index contributed by atoms with van der Waals surface area (Å²) < 4.78 is 0. The SMILES string of the molecule is CSc1ccc(C(=O)CCc2ccc(C)cc2C)cc1. The van der Waals surface area contributed by atoms with Gasteiger partial charge in [0.1, 0.15) is 0 Å². The van der Waals surface area contributed by atoms with Crippen LogP contribution in [0.3, 0.4) is 0 Å². The predicted molar refractivity (Wildman–Crippen MR) is 86.8 cm³/mol. The molecule has 0 aliphatic heterocycles. The number of carbonyl (C=O) groups excluding carboxylic acids is 1. The molecule has 2 heteroatoms. The number of thioether (sulfide) groups is 1. The van der Waals surface area contributed by atoms with Crippen molar-refractivity contribution in [2.75, 3.05) is 6.26 Å². The first kappa shape index (κ1) is 14.9. The van der Waals surface area contributed by atoms with Gasteiger partial charge in [0.05, 0.1) is 0 Å². The maximum absolute atomic E-state index is 12.2. The Morgan fingerprint density at radius 1 is 1.05 bits per heavy atom. The number of aryl methyl sites for hydroxylation is 3. The molecule has 0 saturated carbocycles. The van der Waals surface area contributed by atoms with E-state index < -0.39 is 0 Å². The third kappa shape index (κ3) is 3.73. The monoisotopic (exact) mass is 284 g/mol. The summed E-state index contributed by atoms with van der Waals surface area (Å²) in [6.07, 6.45) is 3.43. The number of Topliss-reactive ketones (excluding diaryl/α,β-unsaturated/α-hetero) is 1. The molecule has 0 aliphatic carbocycles. The Labute approximate surface area is 125 Å². The fourth-order valence-corrected chi connectivity index (χ4v) is 2.70. The van der Waals surface area contributed by atoms with Crippen LogP contribution in [0.1, 0.15) is 33.5 Å². The van der Waals surface area contributed by atoms with Crippen molar-refractivity contribution in [1.29, 1.82) is 0 Å². The van der Waals surface area contributed by atoms with Crippen LogP contribution in [0, 0.1) is 13.8 Å². The van der Waals surface area contributed by atoms with Gasteiger partial charge in [-0.3, -0.25) is 4.79 Å². The quantitative estimate of drug-likeness (QED) is 0.577. The minimum Gasteiger partial charge on any atom is -0.294 e. The Morgan fingerprint density at radius 2 is 1.75 bits per heavy atom. The summed E-state index contributed by atoms with van der Waals surface area (Å²) in [5, 5.41) is 0.